The second-order valence-electron chi connectivity index (χ2n) is 3.69. The van der Waals surface area contributed by atoms with Gasteiger partial charge in [-0.15, -0.1) is 0 Å². The van der Waals surface area contributed by atoms with Crippen LogP contribution >= 0.6 is 0 Å². The Balaban J connectivity index is 2.60. The molecule has 0 aliphatic heterocycles. The van der Waals surface area contributed by atoms with Crippen LogP contribution in [0.5, 0.6) is 0 Å². The first kappa shape index (κ1) is 9.93. The van der Waals surface area contributed by atoms with Gasteiger partial charge < -0.3 is 5.73 Å². The number of hydrogen-bond acceptors (Lipinski definition) is 2. The minimum absolute atomic E-state index is 0.538. The fraction of sp³-hybridized carbons (Fsp3) is 0.250. The van der Waals surface area contributed by atoms with E-state index in [4.69, 9.17) is 5.73 Å². The first-order valence-electron chi connectivity index (χ1n) is 5.03. The van der Waals surface area contributed by atoms with Crippen LogP contribution in [-0.2, 0) is 6.54 Å². The molecular formula is C12H15N3. The SMILES string of the molecule is Cc1ccn(-c2c(C)cccc2CN)n1. The Morgan fingerprint density at radius 1 is 1.27 bits per heavy atom. The molecule has 2 rings (SSSR count). The lowest BCUT2D eigenvalue weighted by Gasteiger charge is -2.10. The molecule has 0 saturated carbocycles. The highest BCUT2D eigenvalue weighted by Crippen LogP contribution is 2.18. The van der Waals surface area contributed by atoms with E-state index < -0.39 is 0 Å². The molecule has 2 N–H and O–H groups in total. The van der Waals surface area contributed by atoms with Crippen LogP contribution in [0.2, 0.25) is 0 Å². The van der Waals surface area contributed by atoms with E-state index in [0.717, 1.165) is 16.9 Å². The van der Waals surface area contributed by atoms with Gasteiger partial charge >= 0.3 is 0 Å². The molecule has 0 aliphatic rings. The van der Waals surface area contributed by atoms with Gasteiger partial charge in [-0.05, 0) is 31.0 Å². The minimum atomic E-state index is 0.538. The topological polar surface area (TPSA) is 43.8 Å². The number of rotatable bonds is 2. The molecule has 0 fully saturated rings. The molecule has 0 radical (unpaired) electrons. The summed E-state index contributed by atoms with van der Waals surface area (Å²) in [5, 5.41) is 4.41. The van der Waals surface area contributed by atoms with Gasteiger partial charge in [-0.1, -0.05) is 18.2 Å². The first-order chi connectivity index (χ1) is 7.22. The van der Waals surface area contributed by atoms with Crippen LogP contribution in [0.1, 0.15) is 16.8 Å². The molecule has 0 spiro atoms. The zero-order valence-electron chi connectivity index (χ0n) is 9.07. The summed E-state index contributed by atoms with van der Waals surface area (Å²) in [6.07, 6.45) is 1.97. The molecule has 1 aromatic carbocycles. The van der Waals surface area contributed by atoms with E-state index in [1.54, 1.807) is 0 Å². The van der Waals surface area contributed by atoms with Gasteiger partial charge in [-0.2, -0.15) is 5.10 Å². The molecule has 0 saturated heterocycles. The number of benzene rings is 1. The molecule has 0 atom stereocenters. The average molecular weight is 201 g/mol. The highest BCUT2D eigenvalue weighted by atomic mass is 15.3. The third-order valence-corrected chi connectivity index (χ3v) is 2.49. The summed E-state index contributed by atoms with van der Waals surface area (Å²) in [7, 11) is 0. The van der Waals surface area contributed by atoms with E-state index in [0.29, 0.717) is 6.54 Å². The van der Waals surface area contributed by atoms with Gasteiger partial charge in [0.05, 0.1) is 11.4 Å². The van der Waals surface area contributed by atoms with Crippen molar-refractivity contribution in [3.05, 3.63) is 47.3 Å². The summed E-state index contributed by atoms with van der Waals surface area (Å²) >= 11 is 0. The Morgan fingerprint density at radius 3 is 2.67 bits per heavy atom. The molecule has 0 unspecified atom stereocenters. The lowest BCUT2D eigenvalue weighted by atomic mass is 10.1. The molecule has 78 valence electrons. The van der Waals surface area contributed by atoms with Crippen molar-refractivity contribution >= 4 is 0 Å². The summed E-state index contributed by atoms with van der Waals surface area (Å²) in [4.78, 5) is 0. The van der Waals surface area contributed by atoms with Crippen molar-refractivity contribution < 1.29 is 0 Å². The maximum atomic E-state index is 5.72. The fourth-order valence-corrected chi connectivity index (χ4v) is 1.75. The third-order valence-electron chi connectivity index (χ3n) is 2.49. The minimum Gasteiger partial charge on any atom is -0.326 e. The van der Waals surface area contributed by atoms with E-state index in [-0.39, 0.29) is 0 Å². The maximum Gasteiger partial charge on any atom is 0.0719 e. The number of hydrogen-bond donors (Lipinski definition) is 1. The van der Waals surface area contributed by atoms with Crippen molar-refractivity contribution in [2.45, 2.75) is 20.4 Å². The molecule has 1 aromatic heterocycles. The average Bonchev–Trinajstić information content (AvgIpc) is 2.64. The van der Waals surface area contributed by atoms with Crippen molar-refractivity contribution in [1.82, 2.24) is 9.78 Å². The summed E-state index contributed by atoms with van der Waals surface area (Å²) in [6.45, 7) is 4.60. The largest absolute Gasteiger partial charge is 0.326 e. The van der Waals surface area contributed by atoms with Gasteiger partial charge in [0.1, 0.15) is 0 Å². The molecule has 3 nitrogen and oxygen atoms in total. The zero-order chi connectivity index (χ0) is 10.8. The summed E-state index contributed by atoms with van der Waals surface area (Å²) in [5.74, 6) is 0. The van der Waals surface area contributed by atoms with Gasteiger partial charge in [-0.25, -0.2) is 4.68 Å². The van der Waals surface area contributed by atoms with E-state index in [9.17, 15) is 0 Å². The number of aryl methyl sites for hydroxylation is 2. The van der Waals surface area contributed by atoms with Crippen LogP contribution in [0.3, 0.4) is 0 Å². The van der Waals surface area contributed by atoms with Gasteiger partial charge in [-0.3, -0.25) is 0 Å². The monoisotopic (exact) mass is 201 g/mol. The lowest BCUT2D eigenvalue weighted by molar-refractivity contribution is 0.837. The number of nitrogens with zero attached hydrogens (tertiary/aromatic N) is 2. The van der Waals surface area contributed by atoms with Crippen molar-refractivity contribution in [3.8, 4) is 5.69 Å². The van der Waals surface area contributed by atoms with E-state index in [2.05, 4.69) is 18.1 Å². The van der Waals surface area contributed by atoms with E-state index >= 15 is 0 Å². The van der Waals surface area contributed by atoms with Gasteiger partial charge in [0.15, 0.2) is 0 Å². The Morgan fingerprint density at radius 2 is 2.07 bits per heavy atom. The predicted molar refractivity (Wildman–Crippen MR) is 60.9 cm³/mol. The van der Waals surface area contributed by atoms with Crippen molar-refractivity contribution in [3.63, 3.8) is 0 Å². The van der Waals surface area contributed by atoms with Crippen LogP contribution < -0.4 is 5.73 Å². The van der Waals surface area contributed by atoms with E-state index in [1.165, 1.54) is 5.56 Å². The summed E-state index contributed by atoms with van der Waals surface area (Å²) < 4.78 is 1.90. The number of nitrogens with two attached hydrogens (primary N) is 1. The summed E-state index contributed by atoms with van der Waals surface area (Å²) in [5.41, 5.74) is 10.2. The fourth-order valence-electron chi connectivity index (χ4n) is 1.75. The second kappa shape index (κ2) is 3.87. The van der Waals surface area contributed by atoms with E-state index in [1.807, 2.05) is 36.0 Å². The normalized spacial score (nSPS) is 10.6. The molecule has 0 aliphatic carbocycles. The van der Waals surface area contributed by atoms with Crippen LogP contribution in [0, 0.1) is 13.8 Å². The quantitative estimate of drug-likeness (QED) is 0.807. The number of para-hydroxylation sites is 1. The number of aromatic nitrogens is 2. The lowest BCUT2D eigenvalue weighted by Crippen LogP contribution is -2.06. The van der Waals surface area contributed by atoms with Crippen LogP contribution in [-0.4, -0.2) is 9.78 Å². The van der Waals surface area contributed by atoms with Crippen molar-refractivity contribution in [2.24, 2.45) is 5.73 Å². The highest BCUT2D eigenvalue weighted by Gasteiger charge is 2.06. The predicted octanol–water partition coefficient (Wildman–Crippen LogP) is 1.95. The Hall–Kier alpha value is -1.61. The molecule has 2 aromatic rings. The van der Waals surface area contributed by atoms with Crippen LogP contribution in [0.25, 0.3) is 5.69 Å². The Bertz CT molecular complexity index is 471. The van der Waals surface area contributed by atoms with Crippen LogP contribution in [0.4, 0.5) is 0 Å². The molecule has 1 heterocycles. The Kier molecular flexibility index (Phi) is 2.56. The third kappa shape index (κ3) is 1.78. The molecule has 15 heavy (non-hydrogen) atoms. The maximum absolute atomic E-state index is 5.72. The molecule has 0 amide bonds. The molecule has 0 bridgehead atoms. The smallest absolute Gasteiger partial charge is 0.0719 e. The molecular weight excluding hydrogens is 186 g/mol. The Labute approximate surface area is 89.5 Å². The van der Waals surface area contributed by atoms with Gasteiger partial charge in [0, 0.05) is 12.7 Å². The zero-order valence-corrected chi connectivity index (χ0v) is 9.07. The second-order valence-corrected chi connectivity index (χ2v) is 3.69. The highest BCUT2D eigenvalue weighted by molar-refractivity contribution is 5.47. The van der Waals surface area contributed by atoms with Crippen molar-refractivity contribution in [1.29, 1.82) is 0 Å². The van der Waals surface area contributed by atoms with Crippen LogP contribution in [0.15, 0.2) is 30.5 Å². The van der Waals surface area contributed by atoms with Gasteiger partial charge in [0.25, 0.3) is 0 Å². The van der Waals surface area contributed by atoms with Crippen molar-refractivity contribution in [2.75, 3.05) is 0 Å². The van der Waals surface area contributed by atoms with Gasteiger partial charge in [0.2, 0.25) is 0 Å². The first-order valence-corrected chi connectivity index (χ1v) is 5.03. The summed E-state index contributed by atoms with van der Waals surface area (Å²) in [6, 6.07) is 8.13. The standard InChI is InChI=1S/C12H15N3/c1-9-4-3-5-11(8-13)12(9)15-7-6-10(2)14-15/h3-7H,8,13H2,1-2H3. The molecule has 3 heteroatoms.